The van der Waals surface area contributed by atoms with Gasteiger partial charge >= 0.3 is 6.11 Å². The fraction of sp³-hybridized carbons (Fsp3) is 0.0909. The molecule has 0 bridgehead atoms. The van der Waals surface area contributed by atoms with Gasteiger partial charge in [-0.15, -0.1) is 0 Å². The molecule has 0 aliphatic heterocycles. The number of halogens is 7. The van der Waals surface area contributed by atoms with E-state index in [1.54, 1.807) is 24.3 Å². The molecular formula is C22H11F7O. The number of ether oxygens (including phenoxy) is 1. The van der Waals surface area contributed by atoms with Crippen molar-refractivity contribution in [1.82, 2.24) is 0 Å². The fourth-order valence-electron chi connectivity index (χ4n) is 2.49. The third-order valence-electron chi connectivity index (χ3n) is 3.94. The molecular weight excluding hydrogens is 413 g/mol. The van der Waals surface area contributed by atoms with Crippen molar-refractivity contribution < 1.29 is 35.5 Å². The molecule has 30 heavy (non-hydrogen) atoms. The number of hydrogen-bond donors (Lipinski definition) is 0. The minimum absolute atomic E-state index is 0.129. The smallest absolute Gasteiger partial charge is 0.429 e. The molecule has 0 saturated heterocycles. The zero-order valence-corrected chi connectivity index (χ0v) is 15.2. The van der Waals surface area contributed by atoms with E-state index in [2.05, 4.69) is 16.6 Å². The average molecular weight is 424 g/mol. The van der Waals surface area contributed by atoms with Crippen LogP contribution >= 0.6 is 0 Å². The van der Waals surface area contributed by atoms with Crippen molar-refractivity contribution in [2.24, 2.45) is 0 Å². The normalized spacial score (nSPS) is 11.1. The summed E-state index contributed by atoms with van der Waals surface area (Å²) in [5.74, 6) is -4.94. The van der Waals surface area contributed by atoms with E-state index < -0.39 is 46.5 Å². The van der Waals surface area contributed by atoms with Crippen molar-refractivity contribution in [1.29, 1.82) is 0 Å². The maximum atomic E-state index is 14.3. The molecule has 8 heteroatoms. The van der Waals surface area contributed by atoms with E-state index in [1.165, 1.54) is 0 Å². The first-order chi connectivity index (χ1) is 14.1. The standard InChI is InChI=1S/C22H11F7O/c1-12-2-4-13(5-3-12)6-7-14-8-16(23)20(17(24)9-14)22(28,29)30-15-10-18(25)21(27)19(26)11-15/h2-5,8-11H,1H3. The highest BCUT2D eigenvalue weighted by atomic mass is 19.3. The lowest BCUT2D eigenvalue weighted by molar-refractivity contribution is -0.189. The molecule has 0 aliphatic rings. The molecule has 3 aromatic rings. The highest BCUT2D eigenvalue weighted by Gasteiger charge is 2.41. The monoisotopic (exact) mass is 424 g/mol. The van der Waals surface area contributed by atoms with Crippen LogP contribution in [-0.2, 0) is 6.11 Å². The number of hydrogen-bond acceptors (Lipinski definition) is 1. The Kier molecular flexibility index (Phi) is 5.74. The number of rotatable bonds is 3. The van der Waals surface area contributed by atoms with E-state index in [9.17, 15) is 30.7 Å². The Morgan fingerprint density at radius 1 is 0.700 bits per heavy atom. The topological polar surface area (TPSA) is 9.23 Å². The van der Waals surface area contributed by atoms with Crippen LogP contribution in [0.2, 0.25) is 0 Å². The fourth-order valence-corrected chi connectivity index (χ4v) is 2.49. The van der Waals surface area contributed by atoms with E-state index in [-0.39, 0.29) is 17.7 Å². The summed E-state index contributed by atoms with van der Waals surface area (Å²) in [6.45, 7) is 1.86. The first-order valence-electron chi connectivity index (χ1n) is 8.36. The van der Waals surface area contributed by atoms with Crippen molar-refractivity contribution in [3.63, 3.8) is 0 Å². The quantitative estimate of drug-likeness (QED) is 0.276. The summed E-state index contributed by atoms with van der Waals surface area (Å²) in [6.07, 6.45) is -4.65. The summed E-state index contributed by atoms with van der Waals surface area (Å²) < 4.78 is 100. The summed E-state index contributed by atoms with van der Waals surface area (Å²) in [7, 11) is 0. The first kappa shape index (κ1) is 21.2. The number of benzene rings is 3. The maximum Gasteiger partial charge on any atom is 0.432 e. The molecule has 3 rings (SSSR count). The van der Waals surface area contributed by atoms with Crippen molar-refractivity contribution in [2.45, 2.75) is 13.0 Å². The van der Waals surface area contributed by atoms with Crippen LogP contribution in [-0.4, -0.2) is 0 Å². The second-order valence-corrected chi connectivity index (χ2v) is 6.25. The van der Waals surface area contributed by atoms with Gasteiger partial charge in [-0.3, -0.25) is 0 Å². The van der Waals surface area contributed by atoms with Crippen LogP contribution < -0.4 is 4.74 Å². The molecule has 0 fully saturated rings. The highest BCUT2D eigenvalue weighted by Crippen LogP contribution is 2.36. The summed E-state index contributed by atoms with van der Waals surface area (Å²) in [5, 5.41) is 0. The lowest BCUT2D eigenvalue weighted by Gasteiger charge is -2.19. The third-order valence-corrected chi connectivity index (χ3v) is 3.94. The summed E-state index contributed by atoms with van der Waals surface area (Å²) in [5.41, 5.74) is -0.484. The number of alkyl halides is 2. The van der Waals surface area contributed by atoms with Crippen molar-refractivity contribution in [2.75, 3.05) is 0 Å². The van der Waals surface area contributed by atoms with E-state index >= 15 is 0 Å². The van der Waals surface area contributed by atoms with Crippen LogP contribution in [0.3, 0.4) is 0 Å². The SMILES string of the molecule is Cc1ccc(C#Cc2cc(F)c(C(F)(F)Oc3cc(F)c(F)c(F)c3)c(F)c2)cc1. The average Bonchev–Trinajstić information content (AvgIpc) is 2.64. The van der Waals surface area contributed by atoms with Crippen molar-refractivity contribution >= 4 is 0 Å². The largest absolute Gasteiger partial charge is 0.432 e. The second kappa shape index (κ2) is 8.11. The summed E-state index contributed by atoms with van der Waals surface area (Å²) >= 11 is 0. The molecule has 0 radical (unpaired) electrons. The molecule has 0 spiro atoms. The number of aryl methyl sites for hydroxylation is 1. The molecule has 1 nitrogen and oxygen atoms in total. The van der Waals surface area contributed by atoms with E-state index in [0.29, 0.717) is 17.7 Å². The Morgan fingerprint density at radius 3 is 1.73 bits per heavy atom. The van der Waals surface area contributed by atoms with Crippen LogP contribution in [0.1, 0.15) is 22.3 Å². The van der Waals surface area contributed by atoms with E-state index in [4.69, 9.17) is 0 Å². The highest BCUT2D eigenvalue weighted by molar-refractivity contribution is 5.45. The molecule has 0 amide bonds. The van der Waals surface area contributed by atoms with Gasteiger partial charge < -0.3 is 4.74 Å². The van der Waals surface area contributed by atoms with Crippen molar-refractivity contribution in [3.8, 4) is 17.6 Å². The van der Waals surface area contributed by atoms with Gasteiger partial charge in [0.1, 0.15) is 22.9 Å². The second-order valence-electron chi connectivity index (χ2n) is 6.25. The Hall–Kier alpha value is -3.47. The van der Waals surface area contributed by atoms with Gasteiger partial charge in [-0.2, -0.15) is 8.78 Å². The van der Waals surface area contributed by atoms with Gasteiger partial charge in [-0.05, 0) is 31.2 Å². The Balaban J connectivity index is 1.91. The predicted molar refractivity (Wildman–Crippen MR) is 94.4 cm³/mol. The first-order valence-corrected chi connectivity index (χ1v) is 8.36. The Labute approximate surface area is 166 Å². The maximum absolute atomic E-state index is 14.3. The Bertz CT molecular complexity index is 1110. The van der Waals surface area contributed by atoms with Gasteiger partial charge in [0.25, 0.3) is 0 Å². The Morgan fingerprint density at radius 2 is 1.20 bits per heavy atom. The van der Waals surface area contributed by atoms with Crippen LogP contribution in [0.5, 0.6) is 5.75 Å². The van der Waals surface area contributed by atoms with Crippen LogP contribution in [0.15, 0.2) is 48.5 Å². The molecule has 0 N–H and O–H groups in total. The van der Waals surface area contributed by atoms with Crippen LogP contribution in [0.4, 0.5) is 30.7 Å². The zero-order chi connectivity index (χ0) is 22.1. The predicted octanol–water partition coefficient (Wildman–Crippen LogP) is 6.22. The zero-order valence-electron chi connectivity index (χ0n) is 15.2. The molecule has 3 aromatic carbocycles. The molecule has 0 aliphatic carbocycles. The van der Waals surface area contributed by atoms with Gasteiger partial charge in [-0.25, -0.2) is 22.0 Å². The summed E-state index contributed by atoms with van der Waals surface area (Å²) in [4.78, 5) is 0. The minimum atomic E-state index is -4.65. The third kappa shape index (κ3) is 4.57. The van der Waals surface area contributed by atoms with Gasteiger partial charge in [-0.1, -0.05) is 29.5 Å². The van der Waals surface area contributed by atoms with Gasteiger partial charge in [0.05, 0.1) is 0 Å². The molecule has 0 unspecified atom stereocenters. The summed E-state index contributed by atoms with van der Waals surface area (Å²) in [6, 6.07) is 8.29. The van der Waals surface area contributed by atoms with Crippen LogP contribution in [0, 0.1) is 47.9 Å². The molecule has 0 atom stereocenters. The van der Waals surface area contributed by atoms with Gasteiger partial charge in [0, 0.05) is 23.3 Å². The van der Waals surface area contributed by atoms with E-state index in [1.807, 2.05) is 6.92 Å². The lowest BCUT2D eigenvalue weighted by Crippen LogP contribution is -2.25. The van der Waals surface area contributed by atoms with Crippen LogP contribution in [0.25, 0.3) is 0 Å². The molecule has 0 heterocycles. The molecule has 0 aromatic heterocycles. The molecule has 0 saturated carbocycles. The lowest BCUT2D eigenvalue weighted by atomic mass is 10.1. The van der Waals surface area contributed by atoms with E-state index in [0.717, 1.165) is 5.56 Å². The van der Waals surface area contributed by atoms with Gasteiger partial charge in [0.15, 0.2) is 17.5 Å². The molecule has 154 valence electrons. The van der Waals surface area contributed by atoms with Crippen molar-refractivity contribution in [3.05, 3.63) is 99.9 Å². The van der Waals surface area contributed by atoms with Gasteiger partial charge in [0.2, 0.25) is 0 Å². The minimum Gasteiger partial charge on any atom is -0.429 e.